The lowest BCUT2D eigenvalue weighted by molar-refractivity contribution is 0.474. The van der Waals surface area contributed by atoms with Gasteiger partial charge in [0.25, 0.3) is 0 Å². The maximum atomic E-state index is 15.4. The number of hydrogen-bond acceptors (Lipinski definition) is 5. The van der Waals surface area contributed by atoms with Crippen LogP contribution in [0.25, 0.3) is 11.3 Å². The van der Waals surface area contributed by atoms with Crippen LogP contribution in [0.1, 0.15) is 22.3 Å². The Balaban J connectivity index is 1.89. The Morgan fingerprint density at radius 3 is 1.71 bits per heavy atom. The van der Waals surface area contributed by atoms with Gasteiger partial charge in [-0.25, -0.2) is 8.78 Å². The highest BCUT2D eigenvalue weighted by atomic mass is 19.1. The van der Waals surface area contributed by atoms with Crippen molar-refractivity contribution < 1.29 is 24.1 Å². The first kappa shape index (κ1) is 21.3. The fourth-order valence-electron chi connectivity index (χ4n) is 4.22. The third kappa shape index (κ3) is 3.47. The largest absolute Gasteiger partial charge is 0.508 e. The SMILES string of the molecule is Oc1ccc(C2=C(c3ccc(O)cc3)C(c3ccc(O)cc3)(c3ccc(F)cc3F)N=N2)cc1. The summed E-state index contributed by atoms with van der Waals surface area (Å²) in [5.74, 6) is -1.41. The molecule has 0 saturated carbocycles. The van der Waals surface area contributed by atoms with Crippen molar-refractivity contribution in [1.29, 1.82) is 0 Å². The molecule has 5 rings (SSSR count). The normalized spacial score (nSPS) is 17.4. The quantitative estimate of drug-likeness (QED) is 0.334. The van der Waals surface area contributed by atoms with Crippen molar-refractivity contribution in [3.63, 3.8) is 0 Å². The van der Waals surface area contributed by atoms with Gasteiger partial charge in [0.05, 0.1) is 5.70 Å². The molecule has 0 fully saturated rings. The summed E-state index contributed by atoms with van der Waals surface area (Å²) in [5, 5.41) is 38.5. The molecule has 7 heteroatoms. The Morgan fingerprint density at radius 1 is 0.618 bits per heavy atom. The zero-order valence-electron chi connectivity index (χ0n) is 17.7. The van der Waals surface area contributed by atoms with E-state index in [9.17, 15) is 19.7 Å². The fraction of sp³-hybridized carbons (Fsp3) is 0.0370. The second-order valence-corrected chi connectivity index (χ2v) is 7.90. The molecule has 0 amide bonds. The monoisotopic (exact) mass is 456 g/mol. The summed E-state index contributed by atoms with van der Waals surface area (Å²) in [7, 11) is 0. The average molecular weight is 456 g/mol. The summed E-state index contributed by atoms with van der Waals surface area (Å²) in [4.78, 5) is 0. The second kappa shape index (κ2) is 8.12. The predicted octanol–water partition coefficient (Wildman–Crippen LogP) is 6.36. The van der Waals surface area contributed by atoms with Crippen molar-refractivity contribution in [1.82, 2.24) is 0 Å². The highest BCUT2D eigenvalue weighted by molar-refractivity contribution is 5.98. The molecule has 1 unspecified atom stereocenters. The van der Waals surface area contributed by atoms with E-state index in [1.54, 1.807) is 36.4 Å². The lowest BCUT2D eigenvalue weighted by Gasteiger charge is -2.30. The standard InChI is InChI=1S/C27H18F2N2O3/c28-19-7-14-23(24(29)15-19)27(18-5-12-22(34)13-6-18)25(16-1-8-20(32)9-2-16)26(30-31-27)17-3-10-21(33)11-4-17/h1-15,32-34H. The second-order valence-electron chi connectivity index (χ2n) is 7.90. The lowest BCUT2D eigenvalue weighted by atomic mass is 9.74. The molecule has 4 aromatic carbocycles. The van der Waals surface area contributed by atoms with E-state index in [2.05, 4.69) is 10.2 Å². The highest BCUT2D eigenvalue weighted by Gasteiger charge is 2.47. The molecular formula is C27H18F2N2O3. The van der Waals surface area contributed by atoms with Crippen molar-refractivity contribution in [2.75, 3.05) is 0 Å². The van der Waals surface area contributed by atoms with E-state index >= 15 is 4.39 Å². The summed E-state index contributed by atoms with van der Waals surface area (Å²) < 4.78 is 29.2. The molecule has 1 atom stereocenters. The molecular weight excluding hydrogens is 438 g/mol. The van der Waals surface area contributed by atoms with Gasteiger partial charge in [0.1, 0.15) is 28.9 Å². The van der Waals surface area contributed by atoms with Crippen LogP contribution in [0.3, 0.4) is 0 Å². The van der Waals surface area contributed by atoms with Crippen molar-refractivity contribution in [3.8, 4) is 17.2 Å². The van der Waals surface area contributed by atoms with Crippen molar-refractivity contribution in [2.45, 2.75) is 5.54 Å². The van der Waals surface area contributed by atoms with Crippen LogP contribution in [0.5, 0.6) is 17.2 Å². The van der Waals surface area contributed by atoms with Crippen LogP contribution in [0.4, 0.5) is 8.78 Å². The van der Waals surface area contributed by atoms with Crippen LogP contribution in [0.2, 0.25) is 0 Å². The maximum absolute atomic E-state index is 15.4. The van der Waals surface area contributed by atoms with E-state index in [-0.39, 0.29) is 22.8 Å². The van der Waals surface area contributed by atoms with Crippen LogP contribution >= 0.6 is 0 Å². The van der Waals surface area contributed by atoms with Crippen LogP contribution in [-0.2, 0) is 5.54 Å². The van der Waals surface area contributed by atoms with Crippen molar-refractivity contribution >= 4 is 11.3 Å². The average Bonchev–Trinajstić information content (AvgIpc) is 3.21. The minimum Gasteiger partial charge on any atom is -0.508 e. The zero-order valence-corrected chi connectivity index (χ0v) is 17.7. The molecule has 1 aliphatic rings. The smallest absolute Gasteiger partial charge is 0.162 e. The van der Waals surface area contributed by atoms with Crippen molar-refractivity contribution in [3.05, 3.63) is 125 Å². The molecule has 0 aromatic heterocycles. The van der Waals surface area contributed by atoms with Gasteiger partial charge in [0.15, 0.2) is 5.54 Å². The number of phenols is 3. The van der Waals surface area contributed by atoms with Crippen LogP contribution in [-0.4, -0.2) is 15.3 Å². The molecule has 4 aromatic rings. The topological polar surface area (TPSA) is 85.4 Å². The van der Waals surface area contributed by atoms with Crippen LogP contribution in [0, 0.1) is 11.6 Å². The maximum Gasteiger partial charge on any atom is 0.162 e. The minimum absolute atomic E-state index is 0.0161. The first-order chi connectivity index (χ1) is 16.4. The molecule has 1 heterocycles. The van der Waals surface area contributed by atoms with Gasteiger partial charge in [0, 0.05) is 22.8 Å². The number of aromatic hydroxyl groups is 3. The molecule has 0 radical (unpaired) electrons. The molecule has 3 N–H and O–H groups in total. The highest BCUT2D eigenvalue weighted by Crippen LogP contribution is 2.54. The Hall–Kier alpha value is -4.52. The number of azo groups is 1. The van der Waals surface area contributed by atoms with E-state index in [0.29, 0.717) is 28.0 Å². The number of hydrogen-bond donors (Lipinski definition) is 3. The molecule has 1 aliphatic heterocycles. The molecule has 168 valence electrons. The van der Waals surface area contributed by atoms with Gasteiger partial charge in [-0.1, -0.05) is 24.3 Å². The molecule has 5 nitrogen and oxygen atoms in total. The zero-order chi connectivity index (χ0) is 23.9. The van der Waals surface area contributed by atoms with Gasteiger partial charge in [-0.2, -0.15) is 10.2 Å². The minimum atomic E-state index is -1.52. The molecule has 0 saturated heterocycles. The van der Waals surface area contributed by atoms with Crippen LogP contribution < -0.4 is 0 Å². The summed E-state index contributed by atoms with van der Waals surface area (Å²) >= 11 is 0. The number of halogens is 2. The van der Waals surface area contributed by atoms with Gasteiger partial charge in [-0.15, -0.1) is 0 Å². The van der Waals surface area contributed by atoms with E-state index in [0.717, 1.165) is 12.1 Å². The van der Waals surface area contributed by atoms with Gasteiger partial charge >= 0.3 is 0 Å². The molecule has 0 spiro atoms. The van der Waals surface area contributed by atoms with Crippen LogP contribution in [0.15, 0.2) is 101 Å². The Kier molecular flexibility index (Phi) is 5.09. The van der Waals surface area contributed by atoms with Gasteiger partial charge in [-0.3, -0.25) is 0 Å². The van der Waals surface area contributed by atoms with Crippen molar-refractivity contribution in [2.24, 2.45) is 10.2 Å². The van der Waals surface area contributed by atoms with E-state index in [4.69, 9.17) is 0 Å². The third-order valence-corrected chi connectivity index (χ3v) is 5.80. The van der Waals surface area contributed by atoms with E-state index in [1.807, 2.05) is 0 Å². The number of phenolic OH excluding ortho intramolecular Hbond substituents is 3. The van der Waals surface area contributed by atoms with Gasteiger partial charge < -0.3 is 15.3 Å². The van der Waals surface area contributed by atoms with E-state index in [1.165, 1.54) is 42.5 Å². The predicted molar refractivity (Wildman–Crippen MR) is 123 cm³/mol. The number of rotatable bonds is 4. The Labute approximate surface area is 193 Å². The fourth-order valence-corrected chi connectivity index (χ4v) is 4.22. The molecule has 0 aliphatic carbocycles. The summed E-state index contributed by atoms with van der Waals surface area (Å²) in [6, 6.07) is 22.1. The number of benzene rings is 4. The summed E-state index contributed by atoms with van der Waals surface area (Å²) in [6.45, 7) is 0. The number of nitrogens with zero attached hydrogens (tertiary/aromatic N) is 2. The Morgan fingerprint density at radius 2 is 1.15 bits per heavy atom. The first-order valence-electron chi connectivity index (χ1n) is 10.4. The molecule has 34 heavy (non-hydrogen) atoms. The summed E-state index contributed by atoms with van der Waals surface area (Å²) in [5.41, 5.74) is 1.18. The van der Waals surface area contributed by atoms with Gasteiger partial charge in [-0.05, 0) is 71.8 Å². The first-order valence-corrected chi connectivity index (χ1v) is 10.4. The summed E-state index contributed by atoms with van der Waals surface area (Å²) in [6.07, 6.45) is 0. The molecule has 0 bridgehead atoms. The van der Waals surface area contributed by atoms with E-state index < -0.39 is 17.2 Å². The lowest BCUT2D eigenvalue weighted by Crippen LogP contribution is -2.27. The third-order valence-electron chi connectivity index (χ3n) is 5.80. The Bertz CT molecular complexity index is 1430. The van der Waals surface area contributed by atoms with Gasteiger partial charge in [0.2, 0.25) is 0 Å².